The third-order valence-corrected chi connectivity index (χ3v) is 4.72. The summed E-state index contributed by atoms with van der Waals surface area (Å²) in [5, 5.41) is 6.31. The molecule has 22 heavy (non-hydrogen) atoms. The molecule has 1 aromatic carbocycles. The third kappa shape index (κ3) is 3.67. The van der Waals surface area contributed by atoms with Crippen LogP contribution in [-0.2, 0) is 11.5 Å². The lowest BCUT2D eigenvalue weighted by Gasteiger charge is -2.33. The molecule has 0 spiro atoms. The van der Waals surface area contributed by atoms with Gasteiger partial charge in [-0.25, -0.2) is 9.97 Å². The van der Waals surface area contributed by atoms with Crippen molar-refractivity contribution in [3.8, 4) is 0 Å². The van der Waals surface area contributed by atoms with Crippen LogP contribution in [0.15, 0.2) is 30.6 Å². The number of hydrogen-bond acceptors (Lipinski definition) is 6. The van der Waals surface area contributed by atoms with Gasteiger partial charge in [-0.1, -0.05) is 12.1 Å². The molecule has 1 fully saturated rings. The summed E-state index contributed by atoms with van der Waals surface area (Å²) in [5.41, 5.74) is 0.990. The van der Waals surface area contributed by atoms with Gasteiger partial charge in [0.2, 0.25) is 0 Å². The Morgan fingerprint density at radius 2 is 2.05 bits per heavy atom. The maximum Gasteiger partial charge on any atom is 0.139 e. The van der Waals surface area contributed by atoms with Crippen LogP contribution in [-0.4, -0.2) is 34.2 Å². The van der Waals surface area contributed by atoms with E-state index in [1.165, 1.54) is 0 Å². The van der Waals surface area contributed by atoms with E-state index in [1.807, 2.05) is 18.2 Å². The van der Waals surface area contributed by atoms with Crippen molar-refractivity contribution < 1.29 is 4.55 Å². The summed E-state index contributed by atoms with van der Waals surface area (Å²) in [5.74, 6) is 1.69. The van der Waals surface area contributed by atoms with Gasteiger partial charge in [0.05, 0.1) is 5.52 Å². The predicted octanol–water partition coefficient (Wildman–Crippen LogP) is 1.36. The van der Waals surface area contributed by atoms with Crippen LogP contribution in [0.4, 0.5) is 5.82 Å². The molecule has 0 aliphatic carbocycles. The van der Waals surface area contributed by atoms with Crippen molar-refractivity contribution in [2.24, 2.45) is 11.1 Å². The van der Waals surface area contributed by atoms with Gasteiger partial charge in [0.25, 0.3) is 0 Å². The van der Waals surface area contributed by atoms with Crippen LogP contribution in [0.25, 0.3) is 10.9 Å². The second kappa shape index (κ2) is 7.23. The predicted molar refractivity (Wildman–Crippen MR) is 89.4 cm³/mol. The number of hydrogen-bond donors (Lipinski definition) is 2. The monoisotopic (exact) mass is 319 g/mol. The van der Waals surface area contributed by atoms with E-state index in [9.17, 15) is 4.55 Å². The summed E-state index contributed by atoms with van der Waals surface area (Å²) in [6.45, 7) is 2.71. The van der Waals surface area contributed by atoms with Gasteiger partial charge in [0.15, 0.2) is 0 Å². The lowest BCUT2D eigenvalue weighted by Crippen LogP contribution is -2.37. The van der Waals surface area contributed by atoms with Crippen molar-refractivity contribution >= 4 is 28.3 Å². The number of anilines is 1. The first-order chi connectivity index (χ1) is 10.7. The Morgan fingerprint density at radius 3 is 2.82 bits per heavy atom. The normalized spacial score (nSPS) is 17.8. The average Bonchev–Trinajstić information content (AvgIpc) is 2.55. The van der Waals surface area contributed by atoms with Gasteiger partial charge in [0, 0.05) is 25.0 Å². The molecule has 0 amide bonds. The van der Waals surface area contributed by atoms with E-state index in [0.29, 0.717) is 12.5 Å². The van der Waals surface area contributed by atoms with Crippen LogP contribution in [0.5, 0.6) is 0 Å². The number of nitrogens with one attached hydrogen (secondary N) is 1. The number of para-hydroxylation sites is 1. The molecule has 3 N–H and O–H groups in total. The zero-order valence-electron chi connectivity index (χ0n) is 12.4. The van der Waals surface area contributed by atoms with E-state index in [4.69, 9.17) is 5.14 Å². The van der Waals surface area contributed by atoms with E-state index in [0.717, 1.165) is 49.1 Å². The van der Waals surface area contributed by atoms with Crippen molar-refractivity contribution in [1.29, 1.82) is 0 Å². The van der Waals surface area contributed by atoms with E-state index in [1.54, 1.807) is 6.33 Å². The van der Waals surface area contributed by atoms with Gasteiger partial charge in [-0.3, -0.25) is 0 Å². The molecule has 1 unspecified atom stereocenters. The lowest BCUT2D eigenvalue weighted by molar-refractivity contribution is 0.381. The van der Waals surface area contributed by atoms with E-state index < -0.39 is 11.5 Å². The molecule has 118 valence electrons. The minimum Gasteiger partial charge on any atom is -0.579 e. The Kier molecular flexibility index (Phi) is 5.09. The van der Waals surface area contributed by atoms with Gasteiger partial charge in [-0.05, 0) is 37.3 Å². The van der Waals surface area contributed by atoms with Crippen molar-refractivity contribution in [2.45, 2.75) is 19.3 Å². The minimum absolute atomic E-state index is 0.653. The Hall–Kier alpha value is -1.41. The number of nitrogens with zero attached hydrogens (tertiary/aromatic N) is 3. The van der Waals surface area contributed by atoms with Gasteiger partial charge < -0.3 is 9.45 Å². The molecule has 2 heterocycles. The van der Waals surface area contributed by atoms with Gasteiger partial charge in [0.1, 0.15) is 23.7 Å². The molecule has 1 aliphatic heterocycles. The van der Waals surface area contributed by atoms with Crippen LogP contribution in [0.2, 0.25) is 0 Å². The second-order valence-corrected chi connectivity index (χ2v) is 6.51. The Bertz CT molecular complexity index is 610. The first-order valence-corrected chi connectivity index (χ1v) is 8.79. The van der Waals surface area contributed by atoms with Crippen molar-refractivity contribution in [3.05, 3.63) is 30.6 Å². The highest BCUT2D eigenvalue weighted by atomic mass is 32.2. The maximum atomic E-state index is 10.8. The van der Waals surface area contributed by atoms with Crippen LogP contribution in [0, 0.1) is 5.92 Å². The first-order valence-electron chi connectivity index (χ1n) is 7.58. The van der Waals surface area contributed by atoms with Crippen LogP contribution in [0.3, 0.4) is 0 Å². The van der Waals surface area contributed by atoms with E-state index in [-0.39, 0.29) is 0 Å². The smallest absolute Gasteiger partial charge is 0.139 e. The van der Waals surface area contributed by atoms with Crippen molar-refractivity contribution in [1.82, 2.24) is 14.7 Å². The lowest BCUT2D eigenvalue weighted by atomic mass is 9.93. The maximum absolute atomic E-state index is 10.8. The summed E-state index contributed by atoms with van der Waals surface area (Å²) < 4.78 is 13.6. The molecule has 1 saturated heterocycles. The molecule has 6 nitrogen and oxygen atoms in total. The summed E-state index contributed by atoms with van der Waals surface area (Å²) in [7, 11) is 0. The molecule has 0 bridgehead atoms. The summed E-state index contributed by atoms with van der Waals surface area (Å²) in [4.78, 5) is 11.2. The van der Waals surface area contributed by atoms with Crippen LogP contribution < -0.4 is 14.8 Å². The number of benzene rings is 1. The first kappa shape index (κ1) is 15.5. The van der Waals surface area contributed by atoms with Gasteiger partial charge in [-0.15, -0.1) is 9.86 Å². The topological polar surface area (TPSA) is 90.1 Å². The highest BCUT2D eigenvalue weighted by Crippen LogP contribution is 2.28. The largest absolute Gasteiger partial charge is 0.579 e. The molecular formula is C15H21N5OS. The Morgan fingerprint density at radius 1 is 1.27 bits per heavy atom. The zero-order valence-corrected chi connectivity index (χ0v) is 13.3. The van der Waals surface area contributed by atoms with Crippen molar-refractivity contribution in [2.75, 3.05) is 24.5 Å². The van der Waals surface area contributed by atoms with Crippen molar-refractivity contribution in [3.63, 3.8) is 0 Å². The summed E-state index contributed by atoms with van der Waals surface area (Å²) >= 11 is -1.40. The molecule has 3 rings (SSSR count). The summed E-state index contributed by atoms with van der Waals surface area (Å²) in [6, 6.07) is 8.13. The fourth-order valence-electron chi connectivity index (χ4n) is 3.04. The standard InChI is InChI=1S/C15H21N5OS/c16-22(21)19-8-5-12-6-9-20(10-7-12)15-13-3-1-2-4-14(13)17-11-18-15/h1-4,11-12,19H,5-10,16H2. The quantitative estimate of drug-likeness (QED) is 0.809. The molecule has 0 saturated carbocycles. The fourth-order valence-corrected chi connectivity index (χ4v) is 3.36. The zero-order chi connectivity index (χ0) is 15.4. The summed E-state index contributed by atoms with van der Waals surface area (Å²) in [6.07, 6.45) is 4.90. The second-order valence-electron chi connectivity index (χ2n) is 5.63. The minimum atomic E-state index is -1.40. The third-order valence-electron chi connectivity index (χ3n) is 4.23. The van der Waals surface area contributed by atoms with Crippen LogP contribution in [0.1, 0.15) is 19.3 Å². The number of aromatic nitrogens is 2. The molecule has 1 atom stereocenters. The fraction of sp³-hybridized carbons (Fsp3) is 0.467. The van der Waals surface area contributed by atoms with E-state index in [2.05, 4.69) is 25.7 Å². The Labute approximate surface area is 133 Å². The Balaban J connectivity index is 1.61. The number of fused-ring (bicyclic) bond motifs is 1. The highest BCUT2D eigenvalue weighted by Gasteiger charge is 2.21. The SMILES string of the molecule is N[S+]([O-])NCCC1CCN(c2ncnc3ccccc23)CC1. The molecule has 2 aromatic rings. The molecule has 7 heteroatoms. The molecule has 1 aliphatic rings. The molecule has 1 aromatic heterocycles. The number of nitrogens with two attached hydrogens (primary N) is 1. The average molecular weight is 319 g/mol. The number of piperidine rings is 1. The van der Waals surface area contributed by atoms with Crippen LogP contribution >= 0.6 is 0 Å². The van der Waals surface area contributed by atoms with E-state index >= 15 is 0 Å². The number of rotatable bonds is 5. The highest BCUT2D eigenvalue weighted by molar-refractivity contribution is 7.87. The van der Waals surface area contributed by atoms with Gasteiger partial charge in [-0.2, -0.15) is 0 Å². The molecule has 0 radical (unpaired) electrons. The molecular weight excluding hydrogens is 298 g/mol. The van der Waals surface area contributed by atoms with Gasteiger partial charge >= 0.3 is 0 Å².